The minimum atomic E-state index is -0.460. The smallest absolute Gasteiger partial charge is 0.148 e. The summed E-state index contributed by atoms with van der Waals surface area (Å²) < 4.78 is 0. The number of hydrogen-bond acceptors (Lipinski definition) is 4. The van der Waals surface area contributed by atoms with Crippen LogP contribution in [-0.4, -0.2) is 22.1 Å². The monoisotopic (exact) mass is 214 g/mol. The van der Waals surface area contributed by atoms with Crippen LogP contribution in [0.3, 0.4) is 0 Å². The minimum absolute atomic E-state index is 0.460. The Labute approximate surface area is 94.7 Å². The van der Waals surface area contributed by atoms with Gasteiger partial charge in [0.2, 0.25) is 0 Å². The van der Waals surface area contributed by atoms with Gasteiger partial charge in [-0.2, -0.15) is 5.26 Å². The molecule has 2 fully saturated rings. The molecule has 82 valence electrons. The van der Waals surface area contributed by atoms with Gasteiger partial charge >= 0.3 is 0 Å². The van der Waals surface area contributed by atoms with Crippen molar-refractivity contribution in [3.8, 4) is 6.07 Å². The molecule has 0 spiro atoms. The molecule has 1 N–H and O–H groups in total. The third-order valence-corrected chi connectivity index (χ3v) is 3.73. The van der Waals surface area contributed by atoms with Gasteiger partial charge in [-0.3, -0.25) is 0 Å². The molecule has 2 aliphatic rings. The summed E-state index contributed by atoms with van der Waals surface area (Å²) in [5, 5.41) is 13.0. The fourth-order valence-corrected chi connectivity index (χ4v) is 3.02. The molecule has 0 saturated carbocycles. The number of rotatable bonds is 1. The zero-order chi connectivity index (χ0) is 11.0. The Morgan fingerprint density at radius 2 is 1.88 bits per heavy atom. The summed E-state index contributed by atoms with van der Waals surface area (Å²) in [7, 11) is 0. The van der Waals surface area contributed by atoms with E-state index in [4.69, 9.17) is 0 Å². The Bertz CT molecular complexity index is 410. The number of nitriles is 1. The van der Waals surface area contributed by atoms with Gasteiger partial charge in [-0.05, 0) is 31.7 Å². The number of piperidine rings is 1. The lowest BCUT2D eigenvalue weighted by Gasteiger charge is -2.34. The molecule has 1 aromatic heterocycles. The average Bonchev–Trinajstić information content (AvgIpc) is 2.70. The topological polar surface area (TPSA) is 61.6 Å². The van der Waals surface area contributed by atoms with Gasteiger partial charge in [-0.15, -0.1) is 0 Å². The SMILES string of the molecule is N#CC1(c2ncccn2)CC2CCC(C1)N2. The van der Waals surface area contributed by atoms with E-state index in [0.717, 1.165) is 12.8 Å². The molecule has 3 heterocycles. The van der Waals surface area contributed by atoms with Crippen LogP contribution in [0.5, 0.6) is 0 Å². The largest absolute Gasteiger partial charge is 0.311 e. The Kier molecular flexibility index (Phi) is 2.15. The van der Waals surface area contributed by atoms with Crippen LogP contribution < -0.4 is 5.32 Å². The summed E-state index contributed by atoms with van der Waals surface area (Å²) in [6.45, 7) is 0. The Morgan fingerprint density at radius 1 is 1.25 bits per heavy atom. The molecule has 0 radical (unpaired) electrons. The van der Waals surface area contributed by atoms with Gasteiger partial charge in [0.15, 0.2) is 0 Å². The number of nitrogens with zero attached hydrogens (tertiary/aromatic N) is 3. The first-order valence-corrected chi connectivity index (χ1v) is 5.77. The van der Waals surface area contributed by atoms with Crippen molar-refractivity contribution >= 4 is 0 Å². The molecule has 4 nitrogen and oxygen atoms in total. The van der Waals surface area contributed by atoms with E-state index in [0.29, 0.717) is 17.9 Å². The van der Waals surface area contributed by atoms with Crippen LogP contribution in [0.2, 0.25) is 0 Å². The molecular weight excluding hydrogens is 200 g/mol. The van der Waals surface area contributed by atoms with Gasteiger partial charge in [0.05, 0.1) is 6.07 Å². The highest BCUT2D eigenvalue weighted by Gasteiger charge is 2.46. The maximum Gasteiger partial charge on any atom is 0.148 e. The first-order valence-electron chi connectivity index (χ1n) is 5.77. The molecule has 16 heavy (non-hydrogen) atoms. The third kappa shape index (κ3) is 1.40. The Balaban J connectivity index is 1.99. The summed E-state index contributed by atoms with van der Waals surface area (Å²) >= 11 is 0. The van der Waals surface area contributed by atoms with Gasteiger partial charge in [0.1, 0.15) is 11.2 Å². The van der Waals surface area contributed by atoms with E-state index >= 15 is 0 Å². The average molecular weight is 214 g/mol. The van der Waals surface area contributed by atoms with Crippen molar-refractivity contribution in [2.75, 3.05) is 0 Å². The molecule has 0 aliphatic carbocycles. The van der Waals surface area contributed by atoms with Crippen molar-refractivity contribution in [3.05, 3.63) is 24.3 Å². The van der Waals surface area contributed by atoms with E-state index in [9.17, 15) is 5.26 Å². The molecule has 0 aromatic carbocycles. The molecule has 2 bridgehead atoms. The van der Waals surface area contributed by atoms with Crippen LogP contribution in [0.4, 0.5) is 0 Å². The van der Waals surface area contributed by atoms with Crippen molar-refractivity contribution in [2.24, 2.45) is 0 Å². The lowest BCUT2D eigenvalue weighted by molar-refractivity contribution is 0.293. The Morgan fingerprint density at radius 3 is 2.44 bits per heavy atom. The quantitative estimate of drug-likeness (QED) is 0.761. The molecular formula is C12H14N4. The second-order valence-electron chi connectivity index (χ2n) is 4.81. The van der Waals surface area contributed by atoms with Crippen LogP contribution in [0.1, 0.15) is 31.5 Å². The first kappa shape index (κ1) is 9.73. The zero-order valence-corrected chi connectivity index (χ0v) is 9.06. The van der Waals surface area contributed by atoms with Crippen molar-refractivity contribution in [2.45, 2.75) is 43.2 Å². The summed E-state index contributed by atoms with van der Waals surface area (Å²) in [6.07, 6.45) is 7.52. The highest BCUT2D eigenvalue weighted by atomic mass is 15.0. The summed E-state index contributed by atoms with van der Waals surface area (Å²) in [4.78, 5) is 8.56. The number of fused-ring (bicyclic) bond motifs is 2. The van der Waals surface area contributed by atoms with Crippen LogP contribution >= 0.6 is 0 Å². The van der Waals surface area contributed by atoms with Crippen LogP contribution in [-0.2, 0) is 5.41 Å². The first-order chi connectivity index (χ1) is 7.82. The van der Waals surface area contributed by atoms with E-state index in [-0.39, 0.29) is 0 Å². The third-order valence-electron chi connectivity index (χ3n) is 3.73. The highest BCUT2D eigenvalue weighted by molar-refractivity contribution is 5.25. The maximum atomic E-state index is 9.50. The number of hydrogen-bond donors (Lipinski definition) is 1. The van der Waals surface area contributed by atoms with Gasteiger partial charge in [-0.25, -0.2) is 9.97 Å². The molecule has 4 heteroatoms. The van der Waals surface area contributed by atoms with Gasteiger partial charge in [0, 0.05) is 24.5 Å². The fourth-order valence-electron chi connectivity index (χ4n) is 3.02. The van der Waals surface area contributed by atoms with Crippen molar-refractivity contribution in [1.82, 2.24) is 15.3 Å². The van der Waals surface area contributed by atoms with E-state index in [2.05, 4.69) is 21.4 Å². The second kappa shape index (κ2) is 3.53. The molecule has 1 aromatic rings. The van der Waals surface area contributed by atoms with Gasteiger partial charge in [0.25, 0.3) is 0 Å². The van der Waals surface area contributed by atoms with Crippen LogP contribution in [0, 0.1) is 11.3 Å². The predicted molar refractivity (Wildman–Crippen MR) is 58.5 cm³/mol. The second-order valence-corrected chi connectivity index (χ2v) is 4.81. The predicted octanol–water partition coefficient (Wildman–Crippen LogP) is 1.15. The molecule has 0 amide bonds. The number of nitrogens with one attached hydrogen (secondary N) is 1. The van der Waals surface area contributed by atoms with Gasteiger partial charge in [-0.1, -0.05) is 0 Å². The van der Waals surface area contributed by atoms with Crippen LogP contribution in [0.15, 0.2) is 18.5 Å². The zero-order valence-electron chi connectivity index (χ0n) is 9.06. The standard InChI is InChI=1S/C12H14N4/c13-8-12(11-14-4-1-5-15-11)6-9-2-3-10(7-12)16-9/h1,4-5,9-10,16H,2-3,6-7H2. The van der Waals surface area contributed by atoms with Crippen molar-refractivity contribution < 1.29 is 0 Å². The molecule has 2 saturated heterocycles. The summed E-state index contributed by atoms with van der Waals surface area (Å²) in [5.41, 5.74) is -0.460. The maximum absolute atomic E-state index is 9.50. The van der Waals surface area contributed by atoms with Crippen molar-refractivity contribution in [1.29, 1.82) is 5.26 Å². The molecule has 2 atom stereocenters. The fraction of sp³-hybridized carbons (Fsp3) is 0.583. The van der Waals surface area contributed by atoms with Crippen LogP contribution in [0.25, 0.3) is 0 Å². The molecule has 2 aliphatic heterocycles. The lowest BCUT2D eigenvalue weighted by Crippen LogP contribution is -2.46. The molecule has 3 rings (SSSR count). The number of aromatic nitrogens is 2. The summed E-state index contributed by atoms with van der Waals surface area (Å²) in [6, 6.07) is 5.21. The van der Waals surface area contributed by atoms with Crippen molar-refractivity contribution in [3.63, 3.8) is 0 Å². The minimum Gasteiger partial charge on any atom is -0.311 e. The van der Waals surface area contributed by atoms with E-state index in [1.54, 1.807) is 18.5 Å². The Hall–Kier alpha value is -1.47. The highest BCUT2D eigenvalue weighted by Crippen LogP contribution is 2.40. The normalized spacial score (nSPS) is 36.9. The van der Waals surface area contributed by atoms with E-state index in [1.165, 1.54) is 12.8 Å². The van der Waals surface area contributed by atoms with E-state index < -0.39 is 5.41 Å². The van der Waals surface area contributed by atoms with E-state index in [1.807, 2.05) is 0 Å². The molecule has 2 unspecified atom stereocenters. The summed E-state index contributed by atoms with van der Waals surface area (Å²) in [5.74, 6) is 0.705. The van der Waals surface area contributed by atoms with Gasteiger partial charge < -0.3 is 5.32 Å². The lowest BCUT2D eigenvalue weighted by atomic mass is 9.76.